The van der Waals surface area contributed by atoms with Crippen molar-refractivity contribution in [3.8, 4) is 5.75 Å². The van der Waals surface area contributed by atoms with Crippen molar-refractivity contribution in [1.29, 1.82) is 0 Å². The molecule has 0 N–H and O–H groups in total. The van der Waals surface area contributed by atoms with Crippen molar-refractivity contribution >= 4 is 5.91 Å². The first-order valence-corrected chi connectivity index (χ1v) is 9.65. The summed E-state index contributed by atoms with van der Waals surface area (Å²) in [4.78, 5) is 19.4. The number of methoxy groups -OCH3 is 1. The van der Waals surface area contributed by atoms with Crippen LogP contribution >= 0.6 is 0 Å². The molecule has 1 fully saturated rings. The molecule has 2 heterocycles. The minimum absolute atomic E-state index is 0.00165. The molecule has 1 aliphatic rings. The minimum atomic E-state index is -0.00165. The highest BCUT2D eigenvalue weighted by Crippen LogP contribution is 2.29. The van der Waals surface area contributed by atoms with E-state index in [2.05, 4.69) is 17.1 Å². The van der Waals surface area contributed by atoms with Crippen LogP contribution in [-0.4, -0.2) is 36.0 Å². The normalized spacial score (nSPS) is 16.8. The molecule has 1 saturated heterocycles. The fraction of sp³-hybridized carbons (Fsp3) is 0.304. The number of likely N-dealkylation sites (tertiary alicyclic amines) is 1. The number of oxazole rings is 1. The van der Waals surface area contributed by atoms with Crippen molar-refractivity contribution in [3.05, 3.63) is 83.6 Å². The molecule has 0 aliphatic carbocycles. The predicted octanol–water partition coefficient (Wildman–Crippen LogP) is 4.29. The van der Waals surface area contributed by atoms with Crippen LogP contribution < -0.4 is 4.74 Å². The van der Waals surface area contributed by atoms with Crippen molar-refractivity contribution < 1.29 is 13.9 Å². The van der Waals surface area contributed by atoms with Gasteiger partial charge in [0.1, 0.15) is 11.5 Å². The van der Waals surface area contributed by atoms with E-state index in [9.17, 15) is 4.79 Å². The second kappa shape index (κ2) is 8.30. The molecule has 1 aromatic heterocycles. The Morgan fingerprint density at radius 3 is 2.79 bits per heavy atom. The van der Waals surface area contributed by atoms with Gasteiger partial charge in [-0.15, -0.1) is 0 Å². The van der Waals surface area contributed by atoms with Crippen molar-refractivity contribution in [1.82, 2.24) is 9.88 Å². The second-order valence-corrected chi connectivity index (χ2v) is 7.12. The van der Waals surface area contributed by atoms with E-state index in [1.807, 2.05) is 53.6 Å². The molecule has 2 aromatic carbocycles. The van der Waals surface area contributed by atoms with E-state index in [1.54, 1.807) is 7.11 Å². The molecule has 3 aromatic rings. The van der Waals surface area contributed by atoms with Crippen LogP contribution in [-0.2, 0) is 6.42 Å². The van der Waals surface area contributed by atoms with Gasteiger partial charge in [0.05, 0.1) is 24.8 Å². The number of hydrogen-bond donors (Lipinski definition) is 0. The molecule has 5 heteroatoms. The number of amides is 1. The van der Waals surface area contributed by atoms with Gasteiger partial charge < -0.3 is 14.1 Å². The van der Waals surface area contributed by atoms with Crippen LogP contribution in [0.3, 0.4) is 0 Å². The smallest absolute Gasteiger partial charge is 0.257 e. The number of para-hydroxylation sites is 1. The summed E-state index contributed by atoms with van der Waals surface area (Å²) < 4.78 is 11.4. The van der Waals surface area contributed by atoms with E-state index < -0.39 is 0 Å². The lowest BCUT2D eigenvalue weighted by atomic mass is 9.97. The zero-order valence-electron chi connectivity index (χ0n) is 16.0. The Balaban J connectivity index is 1.46. The molecule has 1 aliphatic heterocycles. The van der Waals surface area contributed by atoms with Gasteiger partial charge in [0.2, 0.25) is 0 Å². The topological polar surface area (TPSA) is 55.6 Å². The Morgan fingerprint density at radius 1 is 1.18 bits per heavy atom. The van der Waals surface area contributed by atoms with Gasteiger partial charge in [0, 0.05) is 19.5 Å². The lowest BCUT2D eigenvalue weighted by Crippen LogP contribution is -2.39. The second-order valence-electron chi connectivity index (χ2n) is 7.12. The van der Waals surface area contributed by atoms with Gasteiger partial charge in [0.25, 0.3) is 5.91 Å². The highest BCUT2D eigenvalue weighted by atomic mass is 16.5. The van der Waals surface area contributed by atoms with Crippen molar-refractivity contribution in [3.63, 3.8) is 0 Å². The molecule has 1 amide bonds. The Morgan fingerprint density at radius 2 is 1.96 bits per heavy atom. The van der Waals surface area contributed by atoms with Gasteiger partial charge in [0.15, 0.2) is 5.89 Å². The van der Waals surface area contributed by atoms with E-state index in [4.69, 9.17) is 9.15 Å². The fourth-order valence-corrected chi connectivity index (χ4v) is 3.74. The van der Waals surface area contributed by atoms with E-state index in [-0.39, 0.29) is 11.8 Å². The van der Waals surface area contributed by atoms with Gasteiger partial charge in [-0.3, -0.25) is 4.79 Å². The average molecular weight is 376 g/mol. The largest absolute Gasteiger partial charge is 0.496 e. The Hall–Kier alpha value is -3.08. The van der Waals surface area contributed by atoms with Crippen LogP contribution in [0.5, 0.6) is 5.75 Å². The number of benzene rings is 2. The molecular weight excluding hydrogens is 352 g/mol. The first-order valence-electron chi connectivity index (χ1n) is 9.65. The Kier molecular flexibility index (Phi) is 5.42. The van der Waals surface area contributed by atoms with E-state index in [1.165, 1.54) is 5.56 Å². The van der Waals surface area contributed by atoms with Crippen molar-refractivity contribution in [2.24, 2.45) is 0 Å². The van der Waals surface area contributed by atoms with Gasteiger partial charge in [-0.05, 0) is 30.5 Å². The summed E-state index contributed by atoms with van der Waals surface area (Å²) in [6.45, 7) is 1.35. The number of carbonyl (C=O) groups is 1. The van der Waals surface area contributed by atoms with Crippen LogP contribution in [0.1, 0.15) is 46.3 Å². The number of rotatable bonds is 5. The zero-order chi connectivity index (χ0) is 19.3. The molecule has 144 valence electrons. The van der Waals surface area contributed by atoms with Crippen LogP contribution in [0.15, 0.2) is 65.2 Å². The molecule has 0 radical (unpaired) electrons. The van der Waals surface area contributed by atoms with Crippen LogP contribution in [0.4, 0.5) is 0 Å². The molecule has 0 saturated carbocycles. The van der Waals surface area contributed by atoms with Gasteiger partial charge in [-0.25, -0.2) is 4.98 Å². The summed E-state index contributed by atoms with van der Waals surface area (Å²) in [6, 6.07) is 17.6. The average Bonchev–Trinajstić information content (AvgIpc) is 3.22. The molecule has 5 nitrogen and oxygen atoms in total. The van der Waals surface area contributed by atoms with E-state index >= 15 is 0 Å². The Bertz CT molecular complexity index is 936. The standard InChI is InChI=1S/C23H24N2O3/c1-27-21-12-6-5-11-20(21)23(26)25-13-7-10-18(16-25)22-24-15-19(28-22)14-17-8-3-2-4-9-17/h2-6,8-9,11-12,15,18H,7,10,13-14,16H2,1H3. The number of nitrogens with zero attached hydrogens (tertiary/aromatic N) is 2. The molecule has 0 spiro atoms. The molecule has 1 unspecified atom stereocenters. The van der Waals surface area contributed by atoms with Crippen molar-refractivity contribution in [2.75, 3.05) is 20.2 Å². The monoisotopic (exact) mass is 376 g/mol. The van der Waals surface area contributed by atoms with Crippen LogP contribution in [0.25, 0.3) is 0 Å². The maximum Gasteiger partial charge on any atom is 0.257 e. The minimum Gasteiger partial charge on any atom is -0.496 e. The third-order valence-electron chi connectivity index (χ3n) is 5.19. The molecule has 1 atom stereocenters. The highest BCUT2D eigenvalue weighted by molar-refractivity contribution is 5.97. The molecule has 4 rings (SSSR count). The maximum atomic E-state index is 13.0. The Labute approximate surface area is 165 Å². The van der Waals surface area contributed by atoms with Crippen LogP contribution in [0, 0.1) is 0 Å². The first kappa shape index (κ1) is 18.3. The lowest BCUT2D eigenvalue weighted by molar-refractivity contribution is 0.0694. The SMILES string of the molecule is COc1ccccc1C(=O)N1CCCC(c2ncc(Cc3ccccc3)o2)C1. The van der Waals surface area contributed by atoms with Gasteiger partial charge in [-0.2, -0.15) is 0 Å². The van der Waals surface area contributed by atoms with Gasteiger partial charge in [-0.1, -0.05) is 42.5 Å². The summed E-state index contributed by atoms with van der Waals surface area (Å²) in [7, 11) is 1.59. The third-order valence-corrected chi connectivity index (χ3v) is 5.19. The van der Waals surface area contributed by atoms with E-state index in [0.29, 0.717) is 17.9 Å². The van der Waals surface area contributed by atoms with Crippen LogP contribution in [0.2, 0.25) is 0 Å². The quantitative estimate of drug-likeness (QED) is 0.666. The molecule has 28 heavy (non-hydrogen) atoms. The number of ether oxygens (including phenoxy) is 1. The highest BCUT2D eigenvalue weighted by Gasteiger charge is 2.29. The summed E-state index contributed by atoms with van der Waals surface area (Å²) in [6.07, 6.45) is 4.44. The molecular formula is C23H24N2O3. The summed E-state index contributed by atoms with van der Waals surface area (Å²) in [5, 5.41) is 0. The molecule has 0 bridgehead atoms. The summed E-state index contributed by atoms with van der Waals surface area (Å²) in [5.41, 5.74) is 1.80. The number of piperidine rings is 1. The maximum absolute atomic E-state index is 13.0. The summed E-state index contributed by atoms with van der Waals surface area (Å²) in [5.74, 6) is 2.31. The fourth-order valence-electron chi connectivity index (χ4n) is 3.74. The summed E-state index contributed by atoms with van der Waals surface area (Å²) >= 11 is 0. The number of carbonyl (C=O) groups excluding carboxylic acids is 1. The lowest BCUT2D eigenvalue weighted by Gasteiger charge is -2.31. The number of aromatic nitrogens is 1. The first-order chi connectivity index (χ1) is 13.7. The number of hydrogen-bond acceptors (Lipinski definition) is 4. The van der Waals surface area contributed by atoms with Gasteiger partial charge >= 0.3 is 0 Å². The zero-order valence-corrected chi connectivity index (χ0v) is 16.0. The third kappa shape index (κ3) is 3.93. The van der Waals surface area contributed by atoms with Crippen molar-refractivity contribution in [2.45, 2.75) is 25.2 Å². The van der Waals surface area contributed by atoms with E-state index in [0.717, 1.165) is 37.5 Å². The predicted molar refractivity (Wildman–Crippen MR) is 107 cm³/mol.